The Hall–Kier alpha value is -10.4. The van der Waals surface area contributed by atoms with Gasteiger partial charge in [-0.05, 0) is 112 Å². The van der Waals surface area contributed by atoms with E-state index in [1.807, 2.05) is 91.0 Å². The van der Waals surface area contributed by atoms with Gasteiger partial charge >= 0.3 is 7.12 Å². The number of aromatic nitrogens is 1. The number of nitrogens with zero attached hydrogens (tertiary/aromatic N) is 4. The van der Waals surface area contributed by atoms with E-state index < -0.39 is 55.1 Å². The number of halogens is 6. The van der Waals surface area contributed by atoms with E-state index in [1.54, 1.807) is 59.2 Å². The van der Waals surface area contributed by atoms with E-state index in [0.717, 1.165) is 26.7 Å². The molecular weight excluding hydrogens is 1320 g/mol. The van der Waals surface area contributed by atoms with Crippen LogP contribution in [0.4, 0.5) is 39.3 Å². The third-order valence-electron chi connectivity index (χ3n) is 15.6. The Labute approximate surface area is 556 Å². The molecule has 9 aromatic carbocycles. The number of aromatic hydroxyl groups is 1. The predicted octanol–water partition coefficient (Wildman–Crippen LogP) is 13.5. The molecule has 6 heterocycles. The van der Waals surface area contributed by atoms with E-state index in [0.29, 0.717) is 89.5 Å². The minimum absolute atomic E-state index is 0. The number of nitroso groups, excluding NO2 is 1. The van der Waals surface area contributed by atoms with Gasteiger partial charge in [-0.15, -0.1) is 4.91 Å². The Morgan fingerprint density at radius 1 is 0.542 bits per heavy atom. The molecule has 0 saturated carbocycles. The molecule has 18 nitrogen and oxygen atoms in total. The van der Waals surface area contributed by atoms with E-state index in [9.17, 15) is 46.8 Å². The van der Waals surface area contributed by atoms with Gasteiger partial charge in [0.1, 0.15) is 34.7 Å². The first-order valence-electron chi connectivity index (χ1n) is 29.5. The summed E-state index contributed by atoms with van der Waals surface area (Å²) in [7, 11) is -2.34. The Balaban J connectivity index is 0.000000156. The van der Waals surface area contributed by atoms with Crippen molar-refractivity contribution in [1.82, 2.24) is 4.57 Å². The summed E-state index contributed by atoms with van der Waals surface area (Å²) in [4.78, 5) is 63.8. The second-order valence-corrected chi connectivity index (χ2v) is 22.3. The van der Waals surface area contributed by atoms with Gasteiger partial charge in [-0.25, -0.2) is 13.2 Å². The van der Waals surface area contributed by atoms with Crippen molar-refractivity contribution in [1.29, 1.82) is 0 Å². The number of ketones is 2. The zero-order chi connectivity index (χ0) is 66.9. The van der Waals surface area contributed by atoms with Crippen LogP contribution in [0.5, 0.6) is 23.1 Å². The molecule has 0 radical (unpaired) electrons. The average molecular weight is 1380 g/mol. The van der Waals surface area contributed by atoms with Crippen molar-refractivity contribution in [2.24, 2.45) is 5.18 Å². The van der Waals surface area contributed by atoms with Gasteiger partial charge in [0.15, 0.2) is 26.1 Å². The van der Waals surface area contributed by atoms with Crippen molar-refractivity contribution in [3.63, 3.8) is 0 Å². The zero-order valence-corrected chi connectivity index (χ0v) is 51.5. The second-order valence-electron chi connectivity index (χ2n) is 21.4. The van der Waals surface area contributed by atoms with Crippen LogP contribution in [0.1, 0.15) is 62.9 Å². The van der Waals surface area contributed by atoms with Crippen molar-refractivity contribution >= 4 is 79.9 Å². The first-order valence-corrected chi connectivity index (χ1v) is 29.6. The van der Waals surface area contributed by atoms with Gasteiger partial charge in [0.2, 0.25) is 5.88 Å². The Morgan fingerprint density at radius 3 is 1.39 bits per heavy atom. The number of fused-ring (bicyclic) bond motifs is 6. The minimum Gasteiger partial charge on any atom is -0.493 e. The normalized spacial score (nSPS) is 13.7. The van der Waals surface area contributed by atoms with Gasteiger partial charge in [0.05, 0.1) is 76.0 Å². The van der Waals surface area contributed by atoms with Crippen LogP contribution in [0.2, 0.25) is 0 Å². The number of hydrogen-bond acceptors (Lipinski definition) is 15. The number of Topliss-reactive ketones (excluding diaryl/α,β-unsaturated/α-hetero) is 2. The van der Waals surface area contributed by atoms with Crippen molar-refractivity contribution in [2.75, 3.05) is 37.3 Å². The Bertz CT molecular complexity index is 4560. The number of rotatable bonds is 10. The van der Waals surface area contributed by atoms with Crippen molar-refractivity contribution in [3.8, 4) is 45.4 Å². The topological polar surface area (TPSA) is 225 Å². The van der Waals surface area contributed by atoms with Crippen LogP contribution in [-0.2, 0) is 63.3 Å². The highest BCUT2D eigenvalue weighted by Gasteiger charge is 2.38. The van der Waals surface area contributed by atoms with Gasteiger partial charge in [-0.2, -0.15) is 0 Å². The van der Waals surface area contributed by atoms with Crippen molar-refractivity contribution < 1.29 is 86.4 Å². The van der Waals surface area contributed by atoms with Crippen LogP contribution in [-0.4, -0.2) is 77.8 Å². The van der Waals surface area contributed by atoms with E-state index in [4.69, 9.17) is 39.8 Å². The molecule has 0 aliphatic carbocycles. The second kappa shape index (κ2) is 31.2. The lowest BCUT2D eigenvalue weighted by Crippen LogP contribution is -2.30. The maximum absolute atomic E-state index is 14.2. The fraction of sp³-hybridized carbons (Fsp3) is 0.155. The number of carbonyl (C=O) groups excluding carboxylic acids is 4. The highest BCUT2D eigenvalue weighted by Crippen LogP contribution is 2.43. The SMILES string of the molecule is C.F.O=C1C(=O)N(Cc2cc(F)cc3c2OCOC3)c2cc(-c3ccccc3)ccc21.O=C1C(=O)N(Cc2cc(F)cc3c2OCOC3)c2cc(Br)ccc21.O=Nc1c(O)n(Cc2cc(F)cc3c2OCOC3)c2cc(-c3ccccc3)ccc12.OB(O)c1ccccc1.[2H]CF. The molecule has 5 aliphatic heterocycles. The van der Waals surface area contributed by atoms with E-state index in [2.05, 4.69) is 21.1 Å². The third-order valence-corrected chi connectivity index (χ3v) is 16.1. The van der Waals surface area contributed by atoms with Gasteiger partial charge in [0, 0.05) is 43.2 Å². The number of alkyl halides is 1. The van der Waals surface area contributed by atoms with Crippen molar-refractivity contribution in [2.45, 2.75) is 46.9 Å². The number of benzene rings is 9. The number of ether oxygens (including phenoxy) is 6. The standard InChI is InChI=1S/C23H17FN2O4.C23H16FNO4.C17H11BrFNO4.C6H7BO2.CH3F.CH4.FH/c24-18-8-16(22-17(9-18)12-29-13-30-22)11-26-20-10-15(14-4-2-1-3-5-14)6-7-19(20)21(25-28)23(26)27;24-18-8-16(22-17(9-18)12-28-13-29-22)11-25-20-10-15(14-4-2-1-3-5-14)6-7-19(20)21(26)23(25)27;18-11-1-2-13-14(5-11)20(17(22)15(13)21)6-9-3-12(19)4-10-7-23-8-24-16(9)10;8-7(9)6-4-2-1-3-5-6;1-2;;/h1-10,27H,11-13H2;1-10H,11-13H2;1-5H,6-8H2;1-5,8-9H;1H3;1H4;1H/i;;;;1D;;. The molecule has 25 heteroatoms. The molecule has 0 unspecified atom stereocenters. The van der Waals surface area contributed by atoms with Gasteiger partial charge in [-0.1, -0.05) is 126 Å². The number of carbonyl (C=O) groups is 4. The molecule has 492 valence electrons. The molecule has 5 aliphatic rings. The van der Waals surface area contributed by atoms with Crippen molar-refractivity contribution in [3.05, 3.63) is 253 Å². The van der Waals surface area contributed by atoms with Crippen LogP contribution in [0, 0.1) is 22.4 Å². The molecular formula is C71H59BBrF5N4O14. The molecule has 15 rings (SSSR count). The zero-order valence-electron chi connectivity index (χ0n) is 50.9. The lowest BCUT2D eigenvalue weighted by Gasteiger charge is -2.24. The molecule has 1 aromatic heterocycles. The summed E-state index contributed by atoms with van der Waals surface area (Å²) < 4.78 is 92.2. The predicted molar refractivity (Wildman–Crippen MR) is 353 cm³/mol. The average Bonchev–Trinajstić information content (AvgIpc) is 1.65. The molecule has 96 heavy (non-hydrogen) atoms. The highest BCUT2D eigenvalue weighted by atomic mass is 79.9. The summed E-state index contributed by atoms with van der Waals surface area (Å²) in [6.45, 7) is 1.13. The summed E-state index contributed by atoms with van der Waals surface area (Å²) in [5, 5.41) is 31.4. The summed E-state index contributed by atoms with van der Waals surface area (Å²) in [6, 6.07) is 52.1. The highest BCUT2D eigenvalue weighted by molar-refractivity contribution is 9.10. The van der Waals surface area contributed by atoms with E-state index in [-0.39, 0.29) is 83.5 Å². The maximum Gasteiger partial charge on any atom is 0.488 e. The molecule has 0 bridgehead atoms. The minimum atomic E-state index is -1.34. The molecule has 0 fully saturated rings. The summed E-state index contributed by atoms with van der Waals surface area (Å²) in [5.74, 6) is -2.41. The van der Waals surface area contributed by atoms with Gasteiger partial charge < -0.3 is 57.9 Å². The summed E-state index contributed by atoms with van der Waals surface area (Å²) in [5.41, 5.74) is 9.93. The van der Waals surface area contributed by atoms with Gasteiger partial charge in [-0.3, -0.25) is 28.3 Å². The summed E-state index contributed by atoms with van der Waals surface area (Å²) in [6.07, 6.45) is 0. The van der Waals surface area contributed by atoms with Crippen LogP contribution in [0.15, 0.2) is 192 Å². The number of hydrogen-bond donors (Lipinski definition) is 3. The smallest absolute Gasteiger partial charge is 0.488 e. The van der Waals surface area contributed by atoms with E-state index >= 15 is 0 Å². The maximum atomic E-state index is 14.2. The lowest BCUT2D eigenvalue weighted by atomic mass is 9.81. The summed E-state index contributed by atoms with van der Waals surface area (Å²) >= 11 is 3.34. The number of amides is 2. The van der Waals surface area contributed by atoms with Crippen LogP contribution >= 0.6 is 15.9 Å². The Morgan fingerprint density at radius 2 is 0.948 bits per heavy atom. The Kier molecular flexibility index (Phi) is 22.3. The first-order chi connectivity index (χ1) is 46.0. The fourth-order valence-corrected chi connectivity index (χ4v) is 11.7. The fourth-order valence-electron chi connectivity index (χ4n) is 11.3. The van der Waals surface area contributed by atoms with Crippen LogP contribution in [0.25, 0.3) is 33.2 Å². The molecule has 0 saturated heterocycles. The molecule has 3 N–H and O–H groups in total. The van der Waals surface area contributed by atoms with Gasteiger partial charge in [0.25, 0.3) is 23.4 Å². The largest absolute Gasteiger partial charge is 0.493 e. The monoisotopic (exact) mass is 1380 g/mol. The molecule has 2 amide bonds. The third kappa shape index (κ3) is 14.9. The van der Waals surface area contributed by atoms with E-state index in [1.165, 1.54) is 46.2 Å². The molecule has 10 aromatic rings. The van der Waals surface area contributed by atoms with Crippen LogP contribution in [0.3, 0.4) is 0 Å². The number of anilines is 2. The molecule has 0 atom stereocenters. The molecule has 0 spiro atoms. The first kappa shape index (κ1) is 68.5. The quantitative estimate of drug-likeness (QED) is 0.0501. The lowest BCUT2D eigenvalue weighted by molar-refractivity contribution is -0.115. The van der Waals surface area contributed by atoms with Crippen LogP contribution < -0.4 is 29.5 Å².